The van der Waals surface area contributed by atoms with E-state index < -0.39 is 11.2 Å². The molecule has 25 heavy (non-hydrogen) atoms. The van der Waals surface area contributed by atoms with Crippen molar-refractivity contribution in [3.8, 4) is 5.88 Å². The highest BCUT2D eigenvalue weighted by molar-refractivity contribution is 7.83. The van der Waals surface area contributed by atoms with Crippen LogP contribution in [0.25, 0.3) is 0 Å². The fraction of sp³-hybridized carbons (Fsp3) is 0.562. The summed E-state index contributed by atoms with van der Waals surface area (Å²) in [7, 11) is 0. The van der Waals surface area contributed by atoms with Crippen molar-refractivity contribution < 1.29 is 8.95 Å². The third kappa shape index (κ3) is 5.50. The number of likely N-dealkylation sites (tertiary alicyclic amines) is 1. The SMILES string of the molecule is NC1=NS(=O)N=C1NCCCOc1cc(CN2CCCCC2)ccn1. The van der Waals surface area contributed by atoms with Crippen LogP contribution in [-0.4, -0.2) is 52.0 Å². The molecule has 2 aliphatic heterocycles. The van der Waals surface area contributed by atoms with E-state index in [1.165, 1.54) is 37.9 Å². The topological polar surface area (TPSA) is 105 Å². The minimum atomic E-state index is -1.58. The standard InChI is InChI=1S/C16H24N6O2S/c17-15-16(21-25(23)20-15)19-6-4-10-24-14-11-13(5-7-18-14)12-22-8-2-1-3-9-22/h5,7,11H,1-4,6,8-10,12H2,(H2,17,20)(H,19,21). The van der Waals surface area contributed by atoms with Gasteiger partial charge in [0, 0.05) is 25.4 Å². The fourth-order valence-corrected chi connectivity index (χ4v) is 3.46. The number of piperidine rings is 1. The Morgan fingerprint density at radius 3 is 2.88 bits per heavy atom. The first-order chi connectivity index (χ1) is 12.2. The minimum absolute atomic E-state index is 0.186. The molecule has 3 heterocycles. The lowest BCUT2D eigenvalue weighted by Crippen LogP contribution is -2.35. The van der Waals surface area contributed by atoms with Gasteiger partial charge in [0.2, 0.25) is 5.88 Å². The second-order valence-electron chi connectivity index (χ2n) is 6.12. The van der Waals surface area contributed by atoms with Gasteiger partial charge in [0.05, 0.1) is 6.61 Å². The Kier molecular flexibility index (Phi) is 6.35. The van der Waals surface area contributed by atoms with E-state index >= 15 is 0 Å². The van der Waals surface area contributed by atoms with Crippen molar-refractivity contribution in [2.75, 3.05) is 26.2 Å². The van der Waals surface area contributed by atoms with Crippen LogP contribution >= 0.6 is 0 Å². The number of rotatable bonds is 7. The lowest BCUT2D eigenvalue weighted by molar-refractivity contribution is 0.220. The van der Waals surface area contributed by atoms with Crippen molar-refractivity contribution in [3.05, 3.63) is 23.9 Å². The van der Waals surface area contributed by atoms with E-state index in [0.717, 1.165) is 13.0 Å². The van der Waals surface area contributed by atoms with E-state index in [0.29, 0.717) is 24.9 Å². The molecule has 1 unspecified atom stereocenters. The number of nitrogens with one attached hydrogen (secondary N) is 1. The molecule has 3 N–H and O–H groups in total. The van der Waals surface area contributed by atoms with Gasteiger partial charge in [0.1, 0.15) is 0 Å². The normalized spacial score (nSPS) is 20.9. The van der Waals surface area contributed by atoms with E-state index in [4.69, 9.17) is 10.5 Å². The highest BCUT2D eigenvalue weighted by Gasteiger charge is 2.14. The Bertz CT molecular complexity index is 672. The second kappa shape index (κ2) is 8.91. The third-order valence-electron chi connectivity index (χ3n) is 4.11. The first-order valence-electron chi connectivity index (χ1n) is 8.60. The van der Waals surface area contributed by atoms with Crippen LogP contribution in [0.4, 0.5) is 0 Å². The number of amidine groups is 2. The van der Waals surface area contributed by atoms with Crippen molar-refractivity contribution in [3.63, 3.8) is 0 Å². The molecule has 0 spiro atoms. The zero-order chi connectivity index (χ0) is 17.5. The van der Waals surface area contributed by atoms with Crippen LogP contribution in [0.3, 0.4) is 0 Å². The number of pyridine rings is 1. The average Bonchev–Trinajstić information content (AvgIpc) is 2.93. The summed E-state index contributed by atoms with van der Waals surface area (Å²) in [6.45, 7) is 4.44. The quantitative estimate of drug-likeness (QED) is 0.693. The molecule has 1 aromatic heterocycles. The highest BCUT2D eigenvalue weighted by atomic mass is 32.2. The zero-order valence-electron chi connectivity index (χ0n) is 14.2. The van der Waals surface area contributed by atoms with Gasteiger partial charge in [-0.15, -0.1) is 8.80 Å². The molecular weight excluding hydrogens is 340 g/mol. The molecule has 8 nitrogen and oxygen atoms in total. The minimum Gasteiger partial charge on any atom is -0.478 e. The lowest BCUT2D eigenvalue weighted by Gasteiger charge is -2.26. The fourth-order valence-electron chi connectivity index (χ4n) is 2.85. The maximum atomic E-state index is 11.1. The van der Waals surface area contributed by atoms with Crippen LogP contribution in [0.2, 0.25) is 0 Å². The van der Waals surface area contributed by atoms with Gasteiger partial charge in [-0.1, -0.05) is 6.42 Å². The summed E-state index contributed by atoms with van der Waals surface area (Å²) >= 11 is -1.58. The predicted molar refractivity (Wildman–Crippen MR) is 98.7 cm³/mol. The number of hydrogen-bond acceptors (Lipinski definition) is 6. The second-order valence-corrected chi connectivity index (χ2v) is 6.94. The Morgan fingerprint density at radius 2 is 2.12 bits per heavy atom. The first kappa shape index (κ1) is 17.8. The van der Waals surface area contributed by atoms with Crippen LogP contribution in [0, 0.1) is 0 Å². The van der Waals surface area contributed by atoms with Crippen LogP contribution in [0.15, 0.2) is 27.1 Å². The number of ether oxygens (including phenoxy) is 1. The Morgan fingerprint density at radius 1 is 1.28 bits per heavy atom. The van der Waals surface area contributed by atoms with E-state index in [1.54, 1.807) is 6.20 Å². The molecule has 0 aromatic carbocycles. The Labute approximate surface area is 150 Å². The molecule has 0 radical (unpaired) electrons. The van der Waals surface area contributed by atoms with Gasteiger partial charge in [-0.25, -0.2) is 9.19 Å². The highest BCUT2D eigenvalue weighted by Crippen LogP contribution is 2.15. The van der Waals surface area contributed by atoms with Crippen molar-refractivity contribution in [2.24, 2.45) is 14.5 Å². The molecule has 1 aromatic rings. The number of nitrogens with two attached hydrogens (primary N) is 1. The molecule has 0 amide bonds. The van der Waals surface area contributed by atoms with Gasteiger partial charge in [-0.3, -0.25) is 4.90 Å². The summed E-state index contributed by atoms with van der Waals surface area (Å²) in [5.41, 5.74) is 6.82. The molecule has 0 aliphatic carbocycles. The summed E-state index contributed by atoms with van der Waals surface area (Å²) in [4.78, 5) is 6.74. The third-order valence-corrected chi connectivity index (χ3v) is 4.80. The van der Waals surface area contributed by atoms with E-state index in [1.807, 2.05) is 12.1 Å². The summed E-state index contributed by atoms with van der Waals surface area (Å²) in [5.74, 6) is 1.22. The summed E-state index contributed by atoms with van der Waals surface area (Å²) in [6.07, 6.45) is 6.46. The average molecular weight is 364 g/mol. The number of nitrogens with zero attached hydrogens (tertiary/aromatic N) is 4. The smallest absolute Gasteiger partial charge is 0.269 e. The molecule has 2 aliphatic rings. The van der Waals surface area contributed by atoms with Crippen molar-refractivity contribution in [1.82, 2.24) is 15.2 Å². The van der Waals surface area contributed by atoms with Crippen LogP contribution < -0.4 is 15.8 Å². The summed E-state index contributed by atoms with van der Waals surface area (Å²) in [5, 5.41) is 3.01. The molecular formula is C16H24N6O2S. The molecule has 1 saturated heterocycles. The first-order valence-corrected chi connectivity index (χ1v) is 9.66. The predicted octanol–water partition coefficient (Wildman–Crippen LogP) is 0.774. The van der Waals surface area contributed by atoms with Gasteiger partial charge < -0.3 is 15.8 Å². The maximum Gasteiger partial charge on any atom is 0.269 e. The van der Waals surface area contributed by atoms with Gasteiger partial charge in [0.15, 0.2) is 11.7 Å². The largest absolute Gasteiger partial charge is 0.478 e. The Balaban J connectivity index is 1.38. The van der Waals surface area contributed by atoms with Crippen molar-refractivity contribution >= 4 is 22.8 Å². The molecule has 0 bridgehead atoms. The van der Waals surface area contributed by atoms with Gasteiger partial charge >= 0.3 is 0 Å². The van der Waals surface area contributed by atoms with E-state index in [2.05, 4.69) is 24.0 Å². The van der Waals surface area contributed by atoms with Crippen molar-refractivity contribution in [1.29, 1.82) is 0 Å². The summed E-state index contributed by atoms with van der Waals surface area (Å²) < 4.78 is 24.2. The zero-order valence-corrected chi connectivity index (χ0v) is 15.0. The number of hydrogen-bond donors (Lipinski definition) is 2. The molecule has 9 heteroatoms. The lowest BCUT2D eigenvalue weighted by atomic mass is 10.1. The molecule has 3 rings (SSSR count). The molecule has 136 valence electrons. The van der Waals surface area contributed by atoms with Gasteiger partial charge in [-0.2, -0.15) is 0 Å². The molecule has 1 fully saturated rings. The summed E-state index contributed by atoms with van der Waals surface area (Å²) in [6, 6.07) is 4.06. The molecule has 1 atom stereocenters. The number of aromatic nitrogens is 1. The van der Waals surface area contributed by atoms with Crippen molar-refractivity contribution in [2.45, 2.75) is 32.2 Å². The Hall–Kier alpha value is -2.00. The van der Waals surface area contributed by atoms with Crippen LogP contribution in [0.5, 0.6) is 5.88 Å². The van der Waals surface area contributed by atoms with Gasteiger partial charge in [0.25, 0.3) is 11.2 Å². The van der Waals surface area contributed by atoms with Crippen LogP contribution in [-0.2, 0) is 17.7 Å². The monoisotopic (exact) mass is 364 g/mol. The van der Waals surface area contributed by atoms with E-state index in [9.17, 15) is 4.21 Å². The van der Waals surface area contributed by atoms with Gasteiger partial charge in [-0.05, 0) is 44.0 Å². The molecule has 0 saturated carbocycles. The van der Waals surface area contributed by atoms with E-state index in [-0.39, 0.29) is 5.84 Å². The van der Waals surface area contributed by atoms with Crippen LogP contribution in [0.1, 0.15) is 31.2 Å². The maximum absolute atomic E-state index is 11.1.